The minimum absolute atomic E-state index is 0.0447. The van der Waals surface area contributed by atoms with Gasteiger partial charge in [0.15, 0.2) is 0 Å². The second kappa shape index (κ2) is 14.7. The molecule has 266 valence electrons. The number of alkyl halides is 3. The number of halogens is 4. The molecule has 4 heterocycles. The number of likely N-dealkylation sites (N-methyl/N-ethyl adjacent to an activating group) is 1. The number of rotatable bonds is 8. The van der Waals surface area contributed by atoms with Crippen LogP contribution >= 0.6 is 11.6 Å². The highest BCUT2D eigenvalue weighted by Gasteiger charge is 2.37. The van der Waals surface area contributed by atoms with Crippen molar-refractivity contribution < 1.29 is 22.8 Å². The van der Waals surface area contributed by atoms with Gasteiger partial charge < -0.3 is 25.0 Å². The Balaban J connectivity index is 1.17. The molecule has 3 aliphatic rings. The number of nitrogens with one attached hydrogen (secondary N) is 2. The van der Waals surface area contributed by atoms with E-state index >= 15 is 0 Å². The molecule has 0 radical (unpaired) electrons. The monoisotopic (exact) mass is 703 g/mol. The number of hydrogen-bond acceptors (Lipinski definition) is 6. The summed E-state index contributed by atoms with van der Waals surface area (Å²) in [6.07, 6.45) is -2.05. The summed E-state index contributed by atoms with van der Waals surface area (Å²) in [4.78, 5) is 51.9. The number of carbonyl (C=O) groups excluding carboxylic acids is 2. The summed E-state index contributed by atoms with van der Waals surface area (Å²) < 4.78 is 43.8. The Morgan fingerprint density at radius 1 is 0.939 bits per heavy atom. The van der Waals surface area contributed by atoms with Crippen LogP contribution in [0.2, 0.25) is 5.02 Å². The molecule has 2 aromatic carbocycles. The normalized spacial score (nSPS) is 19.8. The number of aromatic amines is 1. The third kappa shape index (κ3) is 7.78. The summed E-state index contributed by atoms with van der Waals surface area (Å²) in [5.41, 5.74) is 0.524. The molecule has 49 heavy (non-hydrogen) atoms. The van der Waals surface area contributed by atoms with Crippen molar-refractivity contribution in [3.8, 4) is 0 Å². The summed E-state index contributed by atoms with van der Waals surface area (Å²) in [5, 5.41) is 2.45. The van der Waals surface area contributed by atoms with Gasteiger partial charge in [0, 0.05) is 77.9 Å². The number of likely N-dealkylation sites (tertiary alicyclic amines) is 2. The summed E-state index contributed by atoms with van der Waals surface area (Å²) in [6.45, 7) is 5.89. The lowest BCUT2D eigenvalue weighted by Crippen LogP contribution is -2.53. The van der Waals surface area contributed by atoms with Crippen molar-refractivity contribution in [2.75, 3.05) is 71.8 Å². The first-order valence-corrected chi connectivity index (χ1v) is 17.6. The van der Waals surface area contributed by atoms with Crippen LogP contribution in [0.5, 0.6) is 0 Å². The van der Waals surface area contributed by atoms with Crippen LogP contribution in [0.25, 0.3) is 11.0 Å². The van der Waals surface area contributed by atoms with Crippen LogP contribution < -0.4 is 11.0 Å². The van der Waals surface area contributed by atoms with E-state index in [0.29, 0.717) is 45.1 Å². The molecule has 6 rings (SSSR count). The zero-order valence-electron chi connectivity index (χ0n) is 28.1. The molecule has 0 aliphatic carbocycles. The van der Waals surface area contributed by atoms with Crippen molar-refractivity contribution in [1.82, 2.24) is 29.2 Å². The predicted octanol–water partition coefficient (Wildman–Crippen LogP) is 4.69. The van der Waals surface area contributed by atoms with E-state index in [1.165, 1.54) is 13.1 Å². The van der Waals surface area contributed by atoms with Gasteiger partial charge in [-0.25, -0.2) is 4.79 Å². The van der Waals surface area contributed by atoms with E-state index in [0.717, 1.165) is 56.1 Å². The van der Waals surface area contributed by atoms with E-state index < -0.39 is 17.7 Å². The summed E-state index contributed by atoms with van der Waals surface area (Å²) in [6, 6.07) is 10.3. The highest BCUT2D eigenvalue weighted by atomic mass is 35.5. The number of fused-ring (bicyclic) bond motifs is 1. The number of piperazine rings is 1. The average Bonchev–Trinajstić information content (AvgIpc) is 3.43. The second-order valence-electron chi connectivity index (χ2n) is 13.7. The van der Waals surface area contributed by atoms with Crippen molar-refractivity contribution in [2.45, 2.75) is 56.8 Å². The third-order valence-electron chi connectivity index (χ3n) is 10.6. The number of piperidine rings is 2. The lowest BCUT2D eigenvalue weighted by molar-refractivity contribution is -0.143. The Kier molecular flexibility index (Phi) is 10.6. The van der Waals surface area contributed by atoms with E-state index in [2.05, 4.69) is 27.1 Å². The van der Waals surface area contributed by atoms with Crippen LogP contribution in [0.15, 0.2) is 41.2 Å². The van der Waals surface area contributed by atoms with E-state index in [1.54, 1.807) is 14.4 Å². The SMILES string of the molecule is CNc1c(Cl)cc(C[C@@H](CC(=O)N2CCC(n3c(=O)[nH]c4ccccc43)CC2)C(=O)N2CCC(N3CCN(C)CC3)CC2)cc1C(F)(F)F. The first-order chi connectivity index (χ1) is 23.4. The number of anilines is 1. The summed E-state index contributed by atoms with van der Waals surface area (Å²) in [7, 11) is 3.50. The lowest BCUT2D eigenvalue weighted by atomic mass is 9.91. The predicted molar refractivity (Wildman–Crippen MR) is 184 cm³/mol. The highest BCUT2D eigenvalue weighted by molar-refractivity contribution is 6.33. The standard InChI is InChI=1S/C35H45ClF3N7O3/c1-40-32-27(35(37,38)39)20-23(21-28(32)36)19-24(33(48)45-13-7-25(8-14-45)43-17-15-42(2)16-18-43)22-31(47)44-11-9-26(10-12-44)46-30-6-4-3-5-29(30)41-34(46)49/h3-6,20-21,24-26,40H,7-19,22H2,1-2H3,(H,41,49)/t24-/m0/s1. The fourth-order valence-electron chi connectivity index (χ4n) is 7.84. The van der Waals surface area contributed by atoms with Gasteiger partial charge in [0.25, 0.3) is 0 Å². The topological polar surface area (TPSA) is 96.9 Å². The van der Waals surface area contributed by atoms with Crippen LogP contribution in [-0.4, -0.2) is 113 Å². The first-order valence-electron chi connectivity index (χ1n) is 17.2. The number of imidazole rings is 1. The van der Waals surface area contributed by atoms with E-state index in [-0.39, 0.29) is 52.7 Å². The molecular formula is C35H45ClF3N7O3. The Morgan fingerprint density at radius 3 is 2.22 bits per heavy atom. The molecule has 2 N–H and O–H groups in total. The molecule has 10 nitrogen and oxygen atoms in total. The number of amides is 2. The Morgan fingerprint density at radius 2 is 1.57 bits per heavy atom. The zero-order chi connectivity index (χ0) is 34.9. The van der Waals surface area contributed by atoms with Crippen molar-refractivity contribution >= 4 is 40.1 Å². The van der Waals surface area contributed by atoms with Crippen molar-refractivity contribution in [3.05, 3.63) is 63.0 Å². The van der Waals surface area contributed by atoms with Crippen LogP contribution in [0.1, 0.15) is 49.3 Å². The molecule has 3 aliphatic heterocycles. The second-order valence-corrected chi connectivity index (χ2v) is 14.1. The summed E-state index contributed by atoms with van der Waals surface area (Å²) >= 11 is 6.32. The largest absolute Gasteiger partial charge is 0.418 e. The number of para-hydroxylation sites is 2. The molecule has 0 saturated carbocycles. The van der Waals surface area contributed by atoms with Gasteiger partial charge in [-0.15, -0.1) is 0 Å². The molecule has 2 amide bonds. The molecule has 1 atom stereocenters. The fraction of sp³-hybridized carbons (Fsp3) is 0.571. The lowest BCUT2D eigenvalue weighted by Gasteiger charge is -2.42. The van der Waals surface area contributed by atoms with Crippen LogP contribution in [-0.2, 0) is 22.2 Å². The number of H-pyrrole nitrogens is 1. The molecule has 0 unspecified atom stereocenters. The number of hydrogen-bond donors (Lipinski definition) is 2. The molecule has 3 fully saturated rings. The molecule has 3 aromatic rings. The Hall–Kier alpha value is -3.55. The molecule has 0 spiro atoms. The molecule has 3 saturated heterocycles. The number of nitrogens with zero attached hydrogens (tertiary/aromatic N) is 5. The van der Waals surface area contributed by atoms with Crippen molar-refractivity contribution in [1.29, 1.82) is 0 Å². The van der Waals surface area contributed by atoms with Gasteiger partial charge in [0.1, 0.15) is 0 Å². The quantitative estimate of drug-likeness (QED) is 0.354. The minimum atomic E-state index is -4.66. The number of aromatic nitrogens is 2. The van der Waals surface area contributed by atoms with Gasteiger partial charge in [-0.3, -0.25) is 19.1 Å². The van der Waals surface area contributed by atoms with Crippen molar-refractivity contribution in [2.24, 2.45) is 5.92 Å². The smallest absolute Gasteiger partial charge is 0.386 e. The average molecular weight is 704 g/mol. The molecule has 0 bridgehead atoms. The van der Waals surface area contributed by atoms with E-state index in [4.69, 9.17) is 11.6 Å². The van der Waals surface area contributed by atoms with Crippen LogP contribution in [0, 0.1) is 5.92 Å². The Labute approximate surface area is 289 Å². The Bertz CT molecular complexity index is 1700. The summed E-state index contributed by atoms with van der Waals surface area (Å²) in [5.74, 6) is -1.28. The number of carbonyl (C=O) groups is 2. The van der Waals surface area contributed by atoms with E-state index in [9.17, 15) is 27.6 Å². The maximum atomic E-state index is 14.1. The van der Waals surface area contributed by atoms with Crippen molar-refractivity contribution in [3.63, 3.8) is 0 Å². The van der Waals surface area contributed by atoms with Gasteiger partial charge in [-0.2, -0.15) is 13.2 Å². The molecular weight excluding hydrogens is 659 g/mol. The first kappa shape index (κ1) is 35.3. The highest BCUT2D eigenvalue weighted by Crippen LogP contribution is 2.40. The van der Waals surface area contributed by atoms with Crippen LogP contribution in [0.3, 0.4) is 0 Å². The van der Waals surface area contributed by atoms with Gasteiger partial charge in [-0.1, -0.05) is 23.7 Å². The maximum Gasteiger partial charge on any atom is 0.418 e. The fourth-order valence-corrected chi connectivity index (χ4v) is 8.17. The van der Waals surface area contributed by atoms with Gasteiger partial charge in [0.2, 0.25) is 11.8 Å². The van der Waals surface area contributed by atoms with E-state index in [1.807, 2.05) is 24.3 Å². The maximum absolute atomic E-state index is 14.1. The van der Waals surface area contributed by atoms with Gasteiger partial charge in [-0.05, 0) is 69.0 Å². The van der Waals surface area contributed by atoms with Gasteiger partial charge >= 0.3 is 11.9 Å². The van der Waals surface area contributed by atoms with Gasteiger partial charge in [0.05, 0.1) is 33.2 Å². The molecule has 14 heteroatoms. The third-order valence-corrected chi connectivity index (χ3v) is 10.9. The minimum Gasteiger partial charge on any atom is -0.386 e. The van der Waals surface area contributed by atoms with Crippen LogP contribution in [0.4, 0.5) is 18.9 Å². The zero-order valence-corrected chi connectivity index (χ0v) is 28.8. The number of benzene rings is 2. The molecule has 1 aromatic heterocycles.